The van der Waals surface area contributed by atoms with E-state index in [0.717, 1.165) is 29.5 Å². The summed E-state index contributed by atoms with van der Waals surface area (Å²) in [7, 11) is 0. The average molecular weight is 412 g/mol. The number of carbonyl (C=O) groups is 2. The minimum Gasteiger partial charge on any atom is -0.322 e. The van der Waals surface area contributed by atoms with E-state index in [9.17, 15) is 9.59 Å². The number of hydrogen-bond donors (Lipinski definition) is 1. The van der Waals surface area contributed by atoms with Crippen molar-refractivity contribution in [3.63, 3.8) is 0 Å². The summed E-state index contributed by atoms with van der Waals surface area (Å²) >= 11 is 1.45. The highest BCUT2D eigenvalue weighted by molar-refractivity contribution is 8.00. The summed E-state index contributed by atoms with van der Waals surface area (Å²) in [4.78, 5) is 27.9. The number of anilines is 2. The molecule has 2 aliphatic carbocycles. The maximum atomic E-state index is 13.5. The van der Waals surface area contributed by atoms with Crippen LogP contribution in [0.3, 0.4) is 0 Å². The molecule has 152 valence electrons. The SMILES string of the molecule is C[C@H](Sc1nnc(C2CC2)n1C1CC1)C(=O)N1c2ccccc2NC(=O)C1(C)C. The van der Waals surface area contributed by atoms with Gasteiger partial charge in [-0.3, -0.25) is 14.5 Å². The molecule has 0 bridgehead atoms. The molecule has 1 aromatic carbocycles. The Morgan fingerprint density at radius 3 is 2.62 bits per heavy atom. The number of nitrogens with zero attached hydrogens (tertiary/aromatic N) is 4. The molecule has 1 aliphatic heterocycles. The molecular weight excluding hydrogens is 386 g/mol. The molecule has 5 rings (SSSR count). The van der Waals surface area contributed by atoms with Crippen molar-refractivity contribution in [3.05, 3.63) is 30.1 Å². The second-order valence-electron chi connectivity index (χ2n) is 8.68. The lowest BCUT2D eigenvalue weighted by molar-refractivity contribution is -0.126. The van der Waals surface area contributed by atoms with Crippen LogP contribution >= 0.6 is 11.8 Å². The number of thioether (sulfide) groups is 1. The fourth-order valence-corrected chi connectivity index (χ4v) is 4.87. The summed E-state index contributed by atoms with van der Waals surface area (Å²) in [5, 5.41) is 12.2. The van der Waals surface area contributed by atoms with Crippen molar-refractivity contribution in [1.29, 1.82) is 0 Å². The van der Waals surface area contributed by atoms with E-state index in [2.05, 4.69) is 20.1 Å². The van der Waals surface area contributed by atoms with Crippen LogP contribution < -0.4 is 10.2 Å². The monoisotopic (exact) mass is 411 g/mol. The number of nitrogens with one attached hydrogen (secondary N) is 1. The Kier molecular flexibility index (Phi) is 4.24. The molecule has 1 atom stereocenters. The van der Waals surface area contributed by atoms with Crippen LogP contribution in [-0.4, -0.2) is 37.4 Å². The number of hydrogen-bond acceptors (Lipinski definition) is 5. The van der Waals surface area contributed by atoms with Gasteiger partial charge in [-0.1, -0.05) is 23.9 Å². The zero-order valence-electron chi connectivity index (χ0n) is 16.9. The van der Waals surface area contributed by atoms with Crippen LogP contribution in [0, 0.1) is 0 Å². The van der Waals surface area contributed by atoms with Gasteiger partial charge in [0.1, 0.15) is 11.4 Å². The Balaban J connectivity index is 1.44. The summed E-state index contributed by atoms with van der Waals surface area (Å²) < 4.78 is 2.26. The molecule has 2 heterocycles. The molecule has 2 fully saturated rings. The molecular formula is C21H25N5O2S. The molecule has 8 heteroatoms. The molecule has 0 spiro atoms. The Bertz CT molecular complexity index is 993. The number of carbonyl (C=O) groups excluding carboxylic acids is 2. The Hall–Kier alpha value is -2.35. The highest BCUT2D eigenvalue weighted by Crippen LogP contribution is 2.47. The predicted molar refractivity (Wildman–Crippen MR) is 112 cm³/mol. The van der Waals surface area contributed by atoms with Gasteiger partial charge < -0.3 is 9.88 Å². The highest BCUT2D eigenvalue weighted by atomic mass is 32.2. The molecule has 0 radical (unpaired) electrons. The number of para-hydroxylation sites is 2. The zero-order chi connectivity index (χ0) is 20.3. The van der Waals surface area contributed by atoms with Gasteiger partial charge in [0.2, 0.25) is 11.8 Å². The van der Waals surface area contributed by atoms with E-state index in [1.807, 2.05) is 31.2 Å². The van der Waals surface area contributed by atoms with E-state index in [1.165, 1.54) is 24.6 Å². The molecule has 0 unspecified atom stereocenters. The van der Waals surface area contributed by atoms with Crippen molar-refractivity contribution in [2.24, 2.45) is 0 Å². The van der Waals surface area contributed by atoms with Gasteiger partial charge >= 0.3 is 0 Å². The first kappa shape index (κ1) is 18.7. The summed E-state index contributed by atoms with van der Waals surface area (Å²) in [5.41, 5.74) is 0.431. The molecule has 7 nitrogen and oxygen atoms in total. The van der Waals surface area contributed by atoms with Crippen molar-refractivity contribution in [3.8, 4) is 0 Å². The standard InChI is InChI=1S/C21H25N5O2S/c1-12(29-20-24-23-17(13-8-9-13)25(20)14-10-11-14)18(27)26-16-7-5-4-6-15(16)22-19(28)21(26,2)3/h4-7,12-14H,8-11H2,1-3H3,(H,22,28)/t12-/m0/s1. The fourth-order valence-electron chi connectivity index (χ4n) is 3.90. The minimum absolute atomic E-state index is 0.0966. The minimum atomic E-state index is -0.969. The van der Waals surface area contributed by atoms with Crippen LogP contribution in [0.25, 0.3) is 0 Å². The first-order chi connectivity index (χ1) is 13.9. The van der Waals surface area contributed by atoms with E-state index in [-0.39, 0.29) is 17.1 Å². The maximum Gasteiger partial charge on any atom is 0.250 e. The molecule has 2 saturated carbocycles. The zero-order valence-corrected chi connectivity index (χ0v) is 17.7. The number of rotatable bonds is 5. The molecule has 2 amide bonds. The van der Waals surface area contributed by atoms with Crippen molar-refractivity contribution in [1.82, 2.24) is 14.8 Å². The van der Waals surface area contributed by atoms with Crippen molar-refractivity contribution in [2.75, 3.05) is 10.2 Å². The van der Waals surface area contributed by atoms with Crippen LogP contribution in [0.2, 0.25) is 0 Å². The number of aromatic nitrogens is 3. The maximum absolute atomic E-state index is 13.5. The van der Waals surface area contributed by atoms with Crippen molar-refractivity contribution >= 4 is 35.0 Å². The van der Waals surface area contributed by atoms with Gasteiger partial charge in [0.05, 0.1) is 16.6 Å². The van der Waals surface area contributed by atoms with Gasteiger partial charge in [0, 0.05) is 12.0 Å². The van der Waals surface area contributed by atoms with Gasteiger partial charge in [-0.2, -0.15) is 0 Å². The van der Waals surface area contributed by atoms with Crippen LogP contribution in [0.5, 0.6) is 0 Å². The summed E-state index contributed by atoms with van der Waals surface area (Å²) in [6.45, 7) is 5.46. The number of fused-ring (bicyclic) bond motifs is 1. The van der Waals surface area contributed by atoms with E-state index in [4.69, 9.17) is 0 Å². The first-order valence-corrected chi connectivity index (χ1v) is 11.1. The lowest BCUT2D eigenvalue weighted by Gasteiger charge is -2.43. The smallest absolute Gasteiger partial charge is 0.250 e. The second kappa shape index (κ2) is 6.58. The highest BCUT2D eigenvalue weighted by Gasteiger charge is 2.45. The van der Waals surface area contributed by atoms with Gasteiger partial charge in [-0.25, -0.2) is 0 Å². The van der Waals surface area contributed by atoms with Crippen molar-refractivity contribution in [2.45, 2.75) is 74.4 Å². The van der Waals surface area contributed by atoms with E-state index in [1.54, 1.807) is 18.7 Å². The molecule has 29 heavy (non-hydrogen) atoms. The number of benzene rings is 1. The largest absolute Gasteiger partial charge is 0.322 e. The Morgan fingerprint density at radius 2 is 1.93 bits per heavy atom. The van der Waals surface area contributed by atoms with Gasteiger partial charge in [0.25, 0.3) is 0 Å². The lowest BCUT2D eigenvalue weighted by Crippen LogP contribution is -2.60. The summed E-state index contributed by atoms with van der Waals surface area (Å²) in [6.07, 6.45) is 4.66. The second-order valence-corrected chi connectivity index (χ2v) is 9.99. The van der Waals surface area contributed by atoms with Crippen LogP contribution in [0.4, 0.5) is 11.4 Å². The van der Waals surface area contributed by atoms with Gasteiger partial charge in [0.15, 0.2) is 5.16 Å². The lowest BCUT2D eigenvalue weighted by atomic mass is 9.96. The van der Waals surface area contributed by atoms with E-state index < -0.39 is 5.54 Å². The van der Waals surface area contributed by atoms with Crippen LogP contribution in [0.15, 0.2) is 29.4 Å². The van der Waals surface area contributed by atoms with Gasteiger partial charge in [-0.05, 0) is 58.6 Å². The van der Waals surface area contributed by atoms with E-state index >= 15 is 0 Å². The molecule has 2 aromatic rings. The topological polar surface area (TPSA) is 80.1 Å². The first-order valence-electron chi connectivity index (χ1n) is 10.2. The quantitative estimate of drug-likeness (QED) is 0.758. The summed E-state index contributed by atoms with van der Waals surface area (Å²) in [5.74, 6) is 1.33. The van der Waals surface area contributed by atoms with Crippen molar-refractivity contribution < 1.29 is 9.59 Å². The third-order valence-corrected chi connectivity index (χ3v) is 6.95. The third-order valence-electron chi connectivity index (χ3n) is 5.90. The molecule has 1 aromatic heterocycles. The normalized spacial score (nSPS) is 21.5. The average Bonchev–Trinajstić information content (AvgIpc) is 3.61. The molecule has 1 N–H and O–H groups in total. The Morgan fingerprint density at radius 1 is 1.21 bits per heavy atom. The van der Waals surface area contributed by atoms with Crippen LogP contribution in [-0.2, 0) is 9.59 Å². The van der Waals surface area contributed by atoms with E-state index in [0.29, 0.717) is 17.6 Å². The Labute approximate surface area is 174 Å². The third kappa shape index (κ3) is 3.13. The fraction of sp³-hybridized carbons (Fsp3) is 0.524. The van der Waals surface area contributed by atoms with Crippen LogP contribution in [0.1, 0.15) is 64.2 Å². The predicted octanol–water partition coefficient (Wildman–Crippen LogP) is 3.73. The summed E-state index contributed by atoms with van der Waals surface area (Å²) in [6, 6.07) is 7.92. The molecule has 0 saturated heterocycles. The molecule has 3 aliphatic rings. The van der Waals surface area contributed by atoms with Gasteiger partial charge in [-0.15, -0.1) is 10.2 Å². The number of amides is 2.